The minimum atomic E-state index is -1.21. The van der Waals surface area contributed by atoms with E-state index >= 15 is 0 Å². The van der Waals surface area contributed by atoms with Crippen LogP contribution in [0.4, 0.5) is 0 Å². The van der Waals surface area contributed by atoms with Gasteiger partial charge in [-0.15, -0.1) is 0 Å². The second-order valence-electron chi connectivity index (χ2n) is 9.94. The van der Waals surface area contributed by atoms with Crippen molar-refractivity contribution < 1.29 is 33.7 Å². The topological polar surface area (TPSA) is 170 Å². The molecule has 1 atom stereocenters. The normalized spacial score (nSPS) is 14.3. The Bertz CT molecular complexity index is 1240. The van der Waals surface area contributed by atoms with Crippen molar-refractivity contribution in [3.63, 3.8) is 0 Å². The van der Waals surface area contributed by atoms with Crippen LogP contribution in [-0.2, 0) is 20.7 Å². The molecule has 11 heteroatoms. The number of carbonyl (C=O) groups excluding carboxylic acids is 3. The summed E-state index contributed by atoms with van der Waals surface area (Å²) in [5.74, 6) is -2.59. The Labute approximate surface area is 233 Å². The first-order chi connectivity index (χ1) is 19.2. The Hall–Kier alpha value is -3.86. The number of aromatic amines is 1. The van der Waals surface area contributed by atoms with Crippen molar-refractivity contribution in [1.82, 2.24) is 10.3 Å². The van der Waals surface area contributed by atoms with Crippen molar-refractivity contribution in [3.8, 4) is 28.4 Å². The number of benzene rings is 1. The minimum Gasteiger partial charge on any atom is -0.506 e. The number of methoxy groups -OCH3 is 2. The smallest absolute Gasteiger partial charge is 0.336 e. The highest BCUT2D eigenvalue weighted by Gasteiger charge is 2.32. The maximum Gasteiger partial charge on any atom is 0.336 e. The van der Waals surface area contributed by atoms with Gasteiger partial charge in [0.2, 0.25) is 0 Å². The van der Waals surface area contributed by atoms with Gasteiger partial charge >= 0.3 is 11.9 Å². The molecule has 0 saturated heterocycles. The first-order valence-electron chi connectivity index (χ1n) is 13.7. The number of hydrogen-bond donors (Lipinski definition) is 4. The lowest BCUT2D eigenvalue weighted by Gasteiger charge is -2.26. The monoisotopic (exact) mass is 557 g/mol. The summed E-state index contributed by atoms with van der Waals surface area (Å²) in [4.78, 5) is 54.1. The zero-order chi connectivity index (χ0) is 29.2. The fourth-order valence-corrected chi connectivity index (χ4v) is 5.18. The number of hydrogen-bond acceptors (Lipinski definition) is 9. The third-order valence-electron chi connectivity index (χ3n) is 7.22. The number of nitrogens with one attached hydrogen (secondary N) is 2. The first-order valence-corrected chi connectivity index (χ1v) is 13.7. The number of esters is 2. The van der Waals surface area contributed by atoms with Crippen LogP contribution in [0.2, 0.25) is 0 Å². The molecule has 0 bridgehead atoms. The molecule has 1 heterocycles. The van der Waals surface area contributed by atoms with Gasteiger partial charge in [-0.25, -0.2) is 4.79 Å². The summed E-state index contributed by atoms with van der Waals surface area (Å²) in [6.07, 6.45) is 6.96. The van der Waals surface area contributed by atoms with Crippen LogP contribution in [0.1, 0.15) is 74.3 Å². The lowest BCUT2D eigenvalue weighted by atomic mass is 9.84. The molecule has 1 aliphatic carbocycles. The molecule has 0 aliphatic heterocycles. The zero-order valence-corrected chi connectivity index (χ0v) is 23.3. The molecule has 0 spiro atoms. The van der Waals surface area contributed by atoms with Gasteiger partial charge in [0.15, 0.2) is 0 Å². The molecule has 11 nitrogen and oxygen atoms in total. The molecule has 2 aromatic rings. The molecular formula is C29H39N3O8. The number of carbonyl (C=O) groups is 3. The van der Waals surface area contributed by atoms with Gasteiger partial charge in [-0.1, -0.05) is 51.5 Å². The van der Waals surface area contributed by atoms with Gasteiger partial charge in [-0.2, -0.15) is 0 Å². The van der Waals surface area contributed by atoms with E-state index in [1.165, 1.54) is 14.2 Å². The summed E-state index contributed by atoms with van der Waals surface area (Å²) >= 11 is 0. The summed E-state index contributed by atoms with van der Waals surface area (Å²) < 4.78 is 15.9. The van der Waals surface area contributed by atoms with Gasteiger partial charge in [-0.3, -0.25) is 14.4 Å². The van der Waals surface area contributed by atoms with Crippen LogP contribution in [0, 0.1) is 5.92 Å². The third-order valence-corrected chi connectivity index (χ3v) is 7.22. The Morgan fingerprint density at radius 1 is 1.10 bits per heavy atom. The summed E-state index contributed by atoms with van der Waals surface area (Å²) in [5, 5.41) is 14.0. The van der Waals surface area contributed by atoms with Crippen molar-refractivity contribution >= 4 is 17.8 Å². The first kappa shape index (κ1) is 30.7. The zero-order valence-electron chi connectivity index (χ0n) is 23.3. The summed E-state index contributed by atoms with van der Waals surface area (Å²) in [5.41, 5.74) is 4.87. The number of ether oxygens (including phenoxy) is 3. The van der Waals surface area contributed by atoms with E-state index in [0.29, 0.717) is 35.6 Å². The van der Waals surface area contributed by atoms with E-state index in [-0.39, 0.29) is 17.9 Å². The highest BCUT2D eigenvalue weighted by Crippen LogP contribution is 2.44. The number of rotatable bonds is 12. The van der Waals surface area contributed by atoms with Gasteiger partial charge in [-0.05, 0) is 37.3 Å². The molecule has 3 rings (SSSR count). The molecule has 1 amide bonds. The Morgan fingerprint density at radius 3 is 2.33 bits per heavy atom. The number of H-pyrrole nitrogens is 1. The standard InChI is InChI=1S/C29H39N3O8/c1-4-5-12-18-23(24-20(38-2)13-9-14-21(24)39-3)26(34)25(27(35)31-18)28(36)32-19(29(37)40-22(33)16-30)15-17-10-7-6-8-11-17/h9,13-14,17,19H,4-8,10-12,15-16,30H2,1-3H3,(H,32,36)(H2,31,34,35). The van der Waals surface area contributed by atoms with Crippen molar-refractivity contribution in [2.75, 3.05) is 20.8 Å². The van der Waals surface area contributed by atoms with Crippen molar-refractivity contribution in [2.45, 2.75) is 70.8 Å². The van der Waals surface area contributed by atoms with Gasteiger partial charge < -0.3 is 35.4 Å². The van der Waals surface area contributed by atoms with Crippen LogP contribution < -0.4 is 26.1 Å². The molecule has 0 radical (unpaired) electrons. The van der Waals surface area contributed by atoms with Crippen LogP contribution in [0.25, 0.3) is 11.1 Å². The largest absolute Gasteiger partial charge is 0.506 e. The van der Waals surface area contributed by atoms with Crippen molar-refractivity contribution in [3.05, 3.63) is 39.8 Å². The number of pyridine rings is 1. The quantitative estimate of drug-likeness (QED) is 0.226. The highest BCUT2D eigenvalue weighted by atomic mass is 16.6. The van der Waals surface area contributed by atoms with Gasteiger partial charge in [0.1, 0.15) is 28.9 Å². The van der Waals surface area contributed by atoms with E-state index in [1.54, 1.807) is 18.2 Å². The SMILES string of the molecule is CCCCc1[nH]c(=O)c(C(=O)NC(CC2CCCCC2)C(=O)OC(=O)CN)c(O)c1-c1c(OC)cccc1OC. The number of aromatic hydroxyl groups is 1. The summed E-state index contributed by atoms with van der Waals surface area (Å²) in [6.45, 7) is 1.49. The highest BCUT2D eigenvalue weighted by molar-refractivity contribution is 6.02. The van der Waals surface area contributed by atoms with Crippen molar-refractivity contribution in [1.29, 1.82) is 0 Å². The molecule has 1 aliphatic rings. The van der Waals surface area contributed by atoms with Crippen LogP contribution in [0.3, 0.4) is 0 Å². The van der Waals surface area contributed by atoms with Gasteiger partial charge in [0.05, 0.1) is 31.9 Å². The molecule has 5 N–H and O–H groups in total. The van der Waals surface area contributed by atoms with Crippen LogP contribution in [0.15, 0.2) is 23.0 Å². The predicted molar refractivity (Wildman–Crippen MR) is 148 cm³/mol. The third kappa shape index (κ3) is 7.20. The minimum absolute atomic E-state index is 0.122. The molecule has 1 fully saturated rings. The van der Waals surface area contributed by atoms with Crippen LogP contribution in [0.5, 0.6) is 17.2 Å². The molecule has 40 heavy (non-hydrogen) atoms. The second-order valence-corrected chi connectivity index (χ2v) is 9.94. The molecule has 218 valence electrons. The van der Waals surface area contributed by atoms with E-state index < -0.39 is 47.3 Å². The number of nitrogens with two attached hydrogens (primary N) is 1. The van der Waals surface area contributed by atoms with Crippen LogP contribution in [-0.4, -0.2) is 54.7 Å². The average molecular weight is 558 g/mol. The van der Waals surface area contributed by atoms with E-state index in [9.17, 15) is 24.3 Å². The van der Waals surface area contributed by atoms with Crippen molar-refractivity contribution in [2.24, 2.45) is 11.7 Å². The van der Waals surface area contributed by atoms with Gasteiger partial charge in [0, 0.05) is 5.69 Å². The Morgan fingerprint density at radius 2 is 1.75 bits per heavy atom. The fraction of sp³-hybridized carbons (Fsp3) is 0.517. The molecule has 1 aromatic heterocycles. The molecule has 1 unspecified atom stereocenters. The summed E-state index contributed by atoms with van der Waals surface area (Å²) in [6, 6.07) is 3.86. The van der Waals surface area contributed by atoms with E-state index in [2.05, 4.69) is 10.3 Å². The van der Waals surface area contributed by atoms with Gasteiger partial charge in [0.25, 0.3) is 11.5 Å². The summed E-state index contributed by atoms with van der Waals surface area (Å²) in [7, 11) is 2.93. The Kier molecular flexibility index (Phi) is 11.1. The Balaban J connectivity index is 2.09. The average Bonchev–Trinajstić information content (AvgIpc) is 2.95. The second kappa shape index (κ2) is 14.5. The lowest BCUT2D eigenvalue weighted by Crippen LogP contribution is -2.45. The molecule has 1 saturated carbocycles. The number of aromatic nitrogens is 1. The number of unbranched alkanes of at least 4 members (excludes halogenated alkanes) is 1. The number of amides is 1. The molecular weight excluding hydrogens is 518 g/mol. The van der Waals surface area contributed by atoms with E-state index in [0.717, 1.165) is 38.5 Å². The maximum absolute atomic E-state index is 13.5. The fourth-order valence-electron chi connectivity index (χ4n) is 5.18. The lowest BCUT2D eigenvalue weighted by molar-refractivity contribution is -0.160. The van der Waals surface area contributed by atoms with E-state index in [1.807, 2.05) is 6.92 Å². The van der Waals surface area contributed by atoms with Crippen LogP contribution >= 0.6 is 0 Å². The number of aryl methyl sites for hydroxylation is 1. The predicted octanol–water partition coefficient (Wildman–Crippen LogP) is 3.20. The maximum atomic E-state index is 13.5. The molecule has 1 aromatic carbocycles. The van der Waals surface area contributed by atoms with E-state index in [4.69, 9.17) is 19.9 Å².